The van der Waals surface area contributed by atoms with Crippen LogP contribution in [0.3, 0.4) is 0 Å². The smallest absolute Gasteiger partial charge is 0.104 e. The van der Waals surface area contributed by atoms with Crippen LogP contribution in [-0.4, -0.2) is 6.54 Å². The second kappa shape index (κ2) is 5.19. The molecular formula is C15H19NO. The summed E-state index contributed by atoms with van der Waals surface area (Å²) in [5, 5.41) is 0. The molecule has 0 radical (unpaired) electrons. The predicted octanol–water partition coefficient (Wildman–Crippen LogP) is 3.18. The average Bonchev–Trinajstić information content (AvgIpc) is 2.82. The third-order valence-electron chi connectivity index (χ3n) is 3.31. The molecule has 0 aliphatic carbocycles. The van der Waals surface area contributed by atoms with Gasteiger partial charge in [0.1, 0.15) is 5.76 Å². The van der Waals surface area contributed by atoms with Gasteiger partial charge >= 0.3 is 0 Å². The summed E-state index contributed by atoms with van der Waals surface area (Å²) in [7, 11) is 0. The second-order valence-corrected chi connectivity index (χ2v) is 4.56. The zero-order valence-electron chi connectivity index (χ0n) is 10.4. The number of rotatable bonds is 4. The summed E-state index contributed by atoms with van der Waals surface area (Å²) >= 11 is 0. The van der Waals surface area contributed by atoms with Crippen LogP contribution in [0.4, 0.5) is 0 Å². The molecule has 0 bridgehead atoms. The molecule has 1 heterocycles. The van der Waals surface area contributed by atoms with Crippen LogP contribution in [-0.2, 0) is 6.42 Å². The highest BCUT2D eigenvalue weighted by Crippen LogP contribution is 2.22. The van der Waals surface area contributed by atoms with Crippen LogP contribution in [0.2, 0.25) is 0 Å². The Morgan fingerprint density at radius 2 is 2.00 bits per heavy atom. The molecule has 2 rings (SSSR count). The number of benzene rings is 1. The van der Waals surface area contributed by atoms with Gasteiger partial charge in [-0.3, -0.25) is 0 Å². The van der Waals surface area contributed by atoms with E-state index in [0.717, 1.165) is 12.2 Å². The van der Waals surface area contributed by atoms with E-state index >= 15 is 0 Å². The van der Waals surface area contributed by atoms with Crippen molar-refractivity contribution >= 4 is 0 Å². The first-order valence-corrected chi connectivity index (χ1v) is 6.00. The molecule has 0 amide bonds. The van der Waals surface area contributed by atoms with Crippen LogP contribution in [0.1, 0.15) is 28.4 Å². The Morgan fingerprint density at radius 1 is 1.18 bits per heavy atom. The molecule has 0 aliphatic rings. The van der Waals surface area contributed by atoms with E-state index in [1.165, 1.54) is 16.7 Å². The van der Waals surface area contributed by atoms with Crippen LogP contribution in [0.25, 0.3) is 0 Å². The van der Waals surface area contributed by atoms with Gasteiger partial charge in [-0.2, -0.15) is 0 Å². The highest BCUT2D eigenvalue weighted by molar-refractivity contribution is 5.32. The summed E-state index contributed by atoms with van der Waals surface area (Å²) in [5.41, 5.74) is 9.81. The monoisotopic (exact) mass is 229 g/mol. The number of furan rings is 1. The highest BCUT2D eigenvalue weighted by atomic mass is 16.3. The zero-order chi connectivity index (χ0) is 12.3. The van der Waals surface area contributed by atoms with Gasteiger partial charge in [0.05, 0.1) is 6.26 Å². The topological polar surface area (TPSA) is 39.2 Å². The van der Waals surface area contributed by atoms with Gasteiger partial charge in [0.2, 0.25) is 0 Å². The van der Waals surface area contributed by atoms with Crippen LogP contribution in [0.5, 0.6) is 0 Å². The molecule has 0 fully saturated rings. The lowest BCUT2D eigenvalue weighted by Gasteiger charge is -2.15. The SMILES string of the molecule is Cc1ccc(C(CN)Cc2ccco2)cc1C. The maximum absolute atomic E-state index is 5.87. The van der Waals surface area contributed by atoms with Crippen molar-refractivity contribution in [3.63, 3.8) is 0 Å². The molecule has 90 valence electrons. The van der Waals surface area contributed by atoms with Crippen molar-refractivity contribution in [1.82, 2.24) is 0 Å². The first kappa shape index (κ1) is 11.9. The molecule has 1 aromatic carbocycles. The first-order chi connectivity index (χ1) is 8.20. The quantitative estimate of drug-likeness (QED) is 0.874. The van der Waals surface area contributed by atoms with Gasteiger partial charge in [0.25, 0.3) is 0 Å². The molecule has 0 saturated heterocycles. The molecule has 2 aromatic rings. The predicted molar refractivity (Wildman–Crippen MR) is 70.1 cm³/mol. The van der Waals surface area contributed by atoms with Crippen LogP contribution in [0, 0.1) is 13.8 Å². The zero-order valence-corrected chi connectivity index (χ0v) is 10.4. The second-order valence-electron chi connectivity index (χ2n) is 4.56. The molecule has 2 nitrogen and oxygen atoms in total. The Balaban J connectivity index is 2.20. The van der Waals surface area contributed by atoms with Gasteiger partial charge < -0.3 is 10.2 Å². The van der Waals surface area contributed by atoms with Crippen molar-refractivity contribution in [2.75, 3.05) is 6.54 Å². The van der Waals surface area contributed by atoms with E-state index in [0.29, 0.717) is 12.5 Å². The van der Waals surface area contributed by atoms with Gasteiger partial charge in [0, 0.05) is 12.3 Å². The largest absolute Gasteiger partial charge is 0.469 e. The third kappa shape index (κ3) is 2.77. The molecule has 0 aliphatic heterocycles. The lowest BCUT2D eigenvalue weighted by Crippen LogP contribution is -2.15. The standard InChI is InChI=1S/C15H19NO/c1-11-5-6-13(8-12(11)2)14(10-16)9-15-4-3-7-17-15/h3-8,14H,9-10,16H2,1-2H3. The lowest BCUT2D eigenvalue weighted by atomic mass is 9.92. The number of hydrogen-bond donors (Lipinski definition) is 1. The first-order valence-electron chi connectivity index (χ1n) is 6.00. The Labute approximate surface area is 102 Å². The van der Waals surface area contributed by atoms with Gasteiger partial charge in [-0.25, -0.2) is 0 Å². The molecule has 1 aromatic heterocycles. The van der Waals surface area contributed by atoms with Crippen molar-refractivity contribution in [2.45, 2.75) is 26.2 Å². The minimum atomic E-state index is 0.334. The molecule has 0 spiro atoms. The van der Waals surface area contributed by atoms with Crippen LogP contribution >= 0.6 is 0 Å². The van der Waals surface area contributed by atoms with E-state index in [1.54, 1.807) is 6.26 Å². The molecule has 2 heteroatoms. The van der Waals surface area contributed by atoms with Crippen molar-refractivity contribution in [2.24, 2.45) is 5.73 Å². The maximum Gasteiger partial charge on any atom is 0.104 e. The average molecular weight is 229 g/mol. The van der Waals surface area contributed by atoms with E-state index in [4.69, 9.17) is 10.2 Å². The van der Waals surface area contributed by atoms with Crippen LogP contribution < -0.4 is 5.73 Å². The van der Waals surface area contributed by atoms with E-state index < -0.39 is 0 Å². The van der Waals surface area contributed by atoms with Crippen molar-refractivity contribution in [3.8, 4) is 0 Å². The summed E-state index contributed by atoms with van der Waals surface area (Å²) in [6, 6.07) is 10.5. The van der Waals surface area contributed by atoms with E-state index in [-0.39, 0.29) is 0 Å². The molecule has 0 saturated carbocycles. The number of hydrogen-bond acceptors (Lipinski definition) is 2. The Morgan fingerprint density at radius 3 is 2.59 bits per heavy atom. The Kier molecular flexibility index (Phi) is 3.64. The van der Waals surface area contributed by atoms with Crippen LogP contribution in [0.15, 0.2) is 41.0 Å². The fourth-order valence-corrected chi connectivity index (χ4v) is 2.03. The van der Waals surface area contributed by atoms with Gasteiger partial charge in [0.15, 0.2) is 0 Å². The fourth-order valence-electron chi connectivity index (χ4n) is 2.03. The highest BCUT2D eigenvalue weighted by Gasteiger charge is 2.12. The minimum absolute atomic E-state index is 0.334. The summed E-state index contributed by atoms with van der Waals surface area (Å²) in [5.74, 6) is 1.33. The third-order valence-corrected chi connectivity index (χ3v) is 3.31. The molecule has 1 atom stereocenters. The number of nitrogens with two attached hydrogens (primary N) is 1. The van der Waals surface area contributed by atoms with Gasteiger partial charge in [-0.15, -0.1) is 0 Å². The maximum atomic E-state index is 5.87. The van der Waals surface area contributed by atoms with Gasteiger partial charge in [-0.05, 0) is 49.2 Å². The minimum Gasteiger partial charge on any atom is -0.469 e. The molecule has 1 unspecified atom stereocenters. The normalized spacial score (nSPS) is 12.6. The summed E-state index contributed by atoms with van der Waals surface area (Å²) in [6.45, 7) is 4.91. The number of aryl methyl sites for hydroxylation is 2. The van der Waals surface area contributed by atoms with E-state index in [2.05, 4.69) is 32.0 Å². The van der Waals surface area contributed by atoms with Gasteiger partial charge in [-0.1, -0.05) is 18.2 Å². The van der Waals surface area contributed by atoms with Crippen molar-refractivity contribution in [1.29, 1.82) is 0 Å². The van der Waals surface area contributed by atoms with Crippen molar-refractivity contribution in [3.05, 3.63) is 59.0 Å². The van der Waals surface area contributed by atoms with E-state index in [1.807, 2.05) is 12.1 Å². The van der Waals surface area contributed by atoms with E-state index in [9.17, 15) is 0 Å². The summed E-state index contributed by atoms with van der Waals surface area (Å²) in [4.78, 5) is 0. The summed E-state index contributed by atoms with van der Waals surface area (Å²) in [6.07, 6.45) is 2.58. The summed E-state index contributed by atoms with van der Waals surface area (Å²) < 4.78 is 5.39. The molecular weight excluding hydrogens is 210 g/mol. The molecule has 2 N–H and O–H groups in total. The lowest BCUT2D eigenvalue weighted by molar-refractivity contribution is 0.487. The van der Waals surface area contributed by atoms with Crippen molar-refractivity contribution < 1.29 is 4.42 Å². The Hall–Kier alpha value is -1.54. The Bertz CT molecular complexity index is 474. The molecule has 17 heavy (non-hydrogen) atoms. The fraction of sp³-hybridized carbons (Fsp3) is 0.333.